The van der Waals surface area contributed by atoms with Gasteiger partial charge in [0.1, 0.15) is 5.82 Å². The van der Waals surface area contributed by atoms with E-state index >= 15 is 0 Å². The molecule has 3 rings (SSSR count). The Hall–Kier alpha value is -3.12. The van der Waals surface area contributed by atoms with Gasteiger partial charge in [0.15, 0.2) is 0 Å². The number of aromatic carboxylic acids is 1. The quantitative estimate of drug-likeness (QED) is 0.591. The molecule has 132 valence electrons. The first-order valence-electron chi connectivity index (χ1n) is 7.90. The van der Waals surface area contributed by atoms with Crippen molar-refractivity contribution in [1.82, 2.24) is 9.97 Å². The summed E-state index contributed by atoms with van der Waals surface area (Å²) in [5, 5.41) is 16.0. The fourth-order valence-corrected chi connectivity index (χ4v) is 2.60. The van der Waals surface area contributed by atoms with Gasteiger partial charge in [-0.3, -0.25) is 0 Å². The van der Waals surface area contributed by atoms with E-state index in [0.717, 1.165) is 16.9 Å². The van der Waals surface area contributed by atoms with Gasteiger partial charge in [0, 0.05) is 28.2 Å². The van der Waals surface area contributed by atoms with Crippen LogP contribution in [0.1, 0.15) is 21.6 Å². The molecule has 1 heterocycles. The number of carbonyl (C=O) groups is 1. The molecule has 0 saturated heterocycles. The van der Waals surface area contributed by atoms with E-state index in [4.69, 9.17) is 16.7 Å². The van der Waals surface area contributed by atoms with Crippen molar-refractivity contribution in [2.75, 3.05) is 10.6 Å². The molecule has 0 radical (unpaired) electrons. The molecule has 2 aromatic carbocycles. The third-order valence-corrected chi connectivity index (χ3v) is 4.16. The van der Waals surface area contributed by atoms with Crippen molar-refractivity contribution in [3.8, 4) is 0 Å². The van der Waals surface area contributed by atoms with E-state index in [2.05, 4.69) is 20.6 Å². The average molecular weight is 369 g/mol. The van der Waals surface area contributed by atoms with Crippen LogP contribution in [-0.2, 0) is 0 Å². The highest BCUT2D eigenvalue weighted by Crippen LogP contribution is 2.26. The number of halogens is 1. The zero-order valence-corrected chi connectivity index (χ0v) is 15.0. The van der Waals surface area contributed by atoms with Crippen LogP contribution in [0.15, 0.2) is 48.5 Å². The van der Waals surface area contributed by atoms with Gasteiger partial charge in [0.2, 0.25) is 5.95 Å². The Balaban J connectivity index is 1.87. The summed E-state index contributed by atoms with van der Waals surface area (Å²) in [5.74, 6) is 0.000723. The predicted molar refractivity (Wildman–Crippen MR) is 103 cm³/mol. The van der Waals surface area contributed by atoms with E-state index in [1.807, 2.05) is 32.0 Å². The number of hydrogen-bond donors (Lipinski definition) is 3. The Bertz CT molecular complexity index is 976. The number of aromatic nitrogens is 2. The second kappa shape index (κ2) is 7.41. The fraction of sp³-hybridized carbons (Fsp3) is 0.105. The number of carboxylic acid groups (broad SMARTS) is 1. The molecular weight excluding hydrogens is 352 g/mol. The SMILES string of the molecule is Cc1cc(Nc2cccc(C(=O)O)c2)nc(Nc2cccc(Cl)c2C)n1. The Morgan fingerprint density at radius 1 is 1.04 bits per heavy atom. The lowest BCUT2D eigenvalue weighted by Crippen LogP contribution is -2.04. The third-order valence-electron chi connectivity index (χ3n) is 3.75. The third kappa shape index (κ3) is 4.10. The van der Waals surface area contributed by atoms with Gasteiger partial charge in [0.25, 0.3) is 0 Å². The summed E-state index contributed by atoms with van der Waals surface area (Å²) in [6, 6.07) is 13.9. The molecule has 6 nitrogen and oxygen atoms in total. The standard InChI is InChI=1S/C19H17ClN4O2/c1-11-9-17(22-14-6-3-5-13(10-14)18(25)26)24-19(21-11)23-16-8-4-7-15(20)12(16)2/h3-10H,1-2H3,(H,25,26)(H2,21,22,23,24). The summed E-state index contributed by atoms with van der Waals surface area (Å²) in [7, 11) is 0. The first kappa shape index (κ1) is 17.7. The monoisotopic (exact) mass is 368 g/mol. The number of nitrogens with one attached hydrogen (secondary N) is 2. The van der Waals surface area contributed by atoms with Gasteiger partial charge in [-0.25, -0.2) is 9.78 Å². The van der Waals surface area contributed by atoms with Gasteiger partial charge >= 0.3 is 5.97 Å². The summed E-state index contributed by atoms with van der Waals surface area (Å²) >= 11 is 6.15. The van der Waals surface area contributed by atoms with Crippen LogP contribution in [0.25, 0.3) is 0 Å². The van der Waals surface area contributed by atoms with E-state index in [1.54, 1.807) is 24.3 Å². The average Bonchev–Trinajstić information content (AvgIpc) is 2.59. The molecule has 0 aliphatic heterocycles. The van der Waals surface area contributed by atoms with E-state index in [-0.39, 0.29) is 5.56 Å². The normalized spacial score (nSPS) is 10.4. The number of hydrogen-bond acceptors (Lipinski definition) is 5. The Morgan fingerprint density at radius 2 is 1.81 bits per heavy atom. The van der Waals surface area contributed by atoms with Crippen LogP contribution in [0.3, 0.4) is 0 Å². The summed E-state index contributed by atoms with van der Waals surface area (Å²) in [4.78, 5) is 19.9. The van der Waals surface area contributed by atoms with Crippen LogP contribution in [-0.4, -0.2) is 21.0 Å². The second-order valence-electron chi connectivity index (χ2n) is 5.77. The van der Waals surface area contributed by atoms with Crippen molar-refractivity contribution in [1.29, 1.82) is 0 Å². The van der Waals surface area contributed by atoms with E-state index in [0.29, 0.717) is 22.5 Å². The zero-order valence-electron chi connectivity index (χ0n) is 14.2. The maximum atomic E-state index is 11.1. The summed E-state index contributed by atoms with van der Waals surface area (Å²) in [5.41, 5.74) is 3.32. The van der Waals surface area contributed by atoms with Crippen molar-refractivity contribution in [3.05, 3.63) is 70.4 Å². The van der Waals surface area contributed by atoms with Crippen LogP contribution in [0.2, 0.25) is 5.02 Å². The molecule has 0 atom stereocenters. The van der Waals surface area contributed by atoms with Crippen LogP contribution in [0, 0.1) is 13.8 Å². The lowest BCUT2D eigenvalue weighted by atomic mass is 10.2. The molecule has 0 bridgehead atoms. The largest absolute Gasteiger partial charge is 0.478 e. The highest BCUT2D eigenvalue weighted by Gasteiger charge is 2.08. The molecule has 0 aliphatic carbocycles. The fourth-order valence-electron chi connectivity index (χ4n) is 2.43. The summed E-state index contributed by atoms with van der Waals surface area (Å²) < 4.78 is 0. The van der Waals surface area contributed by atoms with Crippen LogP contribution >= 0.6 is 11.6 Å². The molecular formula is C19H17ClN4O2. The molecule has 0 saturated carbocycles. The van der Waals surface area contributed by atoms with Gasteiger partial charge in [0.05, 0.1) is 5.56 Å². The van der Waals surface area contributed by atoms with Crippen LogP contribution < -0.4 is 10.6 Å². The van der Waals surface area contributed by atoms with Gasteiger partial charge in [-0.05, 0) is 49.7 Å². The molecule has 0 amide bonds. The Labute approximate surface area is 155 Å². The molecule has 26 heavy (non-hydrogen) atoms. The minimum atomic E-state index is -0.980. The van der Waals surface area contributed by atoms with Gasteiger partial charge in [-0.15, -0.1) is 0 Å². The number of rotatable bonds is 5. The lowest BCUT2D eigenvalue weighted by Gasteiger charge is -2.12. The van der Waals surface area contributed by atoms with Gasteiger partial charge < -0.3 is 15.7 Å². The number of carboxylic acids is 1. The lowest BCUT2D eigenvalue weighted by molar-refractivity contribution is 0.0697. The molecule has 3 N–H and O–H groups in total. The highest BCUT2D eigenvalue weighted by atomic mass is 35.5. The molecule has 0 spiro atoms. The zero-order chi connectivity index (χ0) is 18.7. The first-order valence-corrected chi connectivity index (χ1v) is 8.28. The minimum absolute atomic E-state index is 0.202. The molecule has 0 aliphatic rings. The highest BCUT2D eigenvalue weighted by molar-refractivity contribution is 6.31. The smallest absolute Gasteiger partial charge is 0.335 e. The van der Waals surface area contributed by atoms with Gasteiger partial charge in [-0.2, -0.15) is 4.98 Å². The molecule has 0 unspecified atom stereocenters. The number of anilines is 4. The maximum absolute atomic E-state index is 11.1. The van der Waals surface area contributed by atoms with Crippen LogP contribution in [0.4, 0.5) is 23.1 Å². The minimum Gasteiger partial charge on any atom is -0.478 e. The molecule has 0 fully saturated rings. The van der Waals surface area contributed by atoms with Crippen molar-refractivity contribution in [2.45, 2.75) is 13.8 Å². The summed E-state index contributed by atoms with van der Waals surface area (Å²) in [6.07, 6.45) is 0. The first-order chi connectivity index (χ1) is 12.4. The molecule has 3 aromatic rings. The maximum Gasteiger partial charge on any atom is 0.335 e. The second-order valence-corrected chi connectivity index (χ2v) is 6.17. The number of nitrogens with zero attached hydrogens (tertiary/aromatic N) is 2. The number of aryl methyl sites for hydroxylation is 1. The molecule has 1 aromatic heterocycles. The van der Waals surface area contributed by atoms with Crippen LogP contribution in [0.5, 0.6) is 0 Å². The predicted octanol–water partition coefficient (Wildman–Crippen LogP) is 4.93. The van der Waals surface area contributed by atoms with E-state index in [9.17, 15) is 4.79 Å². The van der Waals surface area contributed by atoms with Gasteiger partial charge in [-0.1, -0.05) is 23.7 Å². The number of benzene rings is 2. The van der Waals surface area contributed by atoms with E-state index in [1.165, 1.54) is 6.07 Å². The summed E-state index contributed by atoms with van der Waals surface area (Å²) in [6.45, 7) is 3.77. The van der Waals surface area contributed by atoms with Crippen molar-refractivity contribution in [2.24, 2.45) is 0 Å². The topological polar surface area (TPSA) is 87.1 Å². The Morgan fingerprint density at radius 3 is 2.58 bits per heavy atom. The van der Waals surface area contributed by atoms with Crippen molar-refractivity contribution >= 4 is 40.7 Å². The molecule has 7 heteroatoms. The van der Waals surface area contributed by atoms with E-state index < -0.39 is 5.97 Å². The van der Waals surface area contributed by atoms with Crippen molar-refractivity contribution < 1.29 is 9.90 Å². The van der Waals surface area contributed by atoms with Crippen molar-refractivity contribution in [3.63, 3.8) is 0 Å². The Kier molecular flexibility index (Phi) is 5.04.